The van der Waals surface area contributed by atoms with Crippen LogP contribution in [0, 0.1) is 5.92 Å². The van der Waals surface area contributed by atoms with Crippen molar-refractivity contribution >= 4 is 39.1 Å². The molecule has 0 saturated heterocycles. The highest BCUT2D eigenvalue weighted by molar-refractivity contribution is 7.89. The molecule has 0 saturated carbocycles. The van der Waals surface area contributed by atoms with E-state index in [1.165, 1.54) is 6.07 Å². The normalized spacial score (nSPS) is 11.7. The highest BCUT2D eigenvalue weighted by Crippen LogP contribution is 2.28. The first-order valence-corrected chi connectivity index (χ1v) is 8.73. The van der Waals surface area contributed by atoms with Crippen LogP contribution in [0.4, 0.5) is 0 Å². The molecule has 8 heteroatoms. The van der Waals surface area contributed by atoms with Crippen LogP contribution in [0.15, 0.2) is 17.0 Å². The Morgan fingerprint density at radius 1 is 1.33 bits per heavy atom. The fourth-order valence-corrected chi connectivity index (χ4v) is 3.20. The largest absolute Gasteiger partial charge is 0.352 e. The molecule has 0 heterocycles. The molecule has 0 spiro atoms. The Hall–Kier alpha value is -0.820. The van der Waals surface area contributed by atoms with Gasteiger partial charge in [0.1, 0.15) is 4.90 Å². The number of hydrogen-bond acceptors (Lipinski definition) is 3. The molecule has 0 bridgehead atoms. The summed E-state index contributed by atoms with van der Waals surface area (Å²) in [5.74, 6) is 0.0711. The van der Waals surface area contributed by atoms with Crippen LogP contribution in [0.3, 0.4) is 0 Å². The zero-order chi connectivity index (χ0) is 16.2. The summed E-state index contributed by atoms with van der Waals surface area (Å²) in [6.45, 7) is 4.66. The van der Waals surface area contributed by atoms with Gasteiger partial charge in [-0.2, -0.15) is 0 Å². The van der Waals surface area contributed by atoms with E-state index in [4.69, 9.17) is 28.3 Å². The predicted octanol–water partition coefficient (Wildman–Crippen LogP) is 2.81. The Labute approximate surface area is 134 Å². The Morgan fingerprint density at radius 3 is 2.48 bits per heavy atom. The summed E-state index contributed by atoms with van der Waals surface area (Å²) in [7, 11) is -4.04. The number of nitrogens with two attached hydrogens (primary N) is 1. The molecule has 118 valence electrons. The number of sulfonamides is 1. The third-order valence-electron chi connectivity index (χ3n) is 2.80. The number of carbonyl (C=O) groups is 1. The standard InChI is InChI=1S/C13H18Cl2N2O3S/c1-8(2)4-3-5-17-13(18)10-6-9(14)7-11(12(10)15)21(16,19)20/h6-8H,3-5H2,1-2H3,(H,17,18)(H2,16,19,20). The molecule has 0 radical (unpaired) electrons. The van der Waals surface area contributed by atoms with Crippen LogP contribution in [0.1, 0.15) is 37.0 Å². The van der Waals surface area contributed by atoms with Gasteiger partial charge in [0, 0.05) is 11.6 Å². The fourth-order valence-electron chi connectivity index (χ4n) is 1.74. The van der Waals surface area contributed by atoms with E-state index in [2.05, 4.69) is 19.2 Å². The summed E-state index contributed by atoms with van der Waals surface area (Å²) in [5, 5.41) is 7.59. The summed E-state index contributed by atoms with van der Waals surface area (Å²) in [6, 6.07) is 2.44. The molecule has 0 aliphatic heterocycles. The summed E-state index contributed by atoms with van der Waals surface area (Å²) < 4.78 is 22.8. The molecule has 1 rings (SSSR count). The average molecular weight is 353 g/mol. The second kappa shape index (κ2) is 7.45. The van der Waals surface area contributed by atoms with Crippen LogP contribution < -0.4 is 10.5 Å². The number of nitrogens with one attached hydrogen (secondary N) is 1. The van der Waals surface area contributed by atoms with E-state index in [0.717, 1.165) is 18.9 Å². The van der Waals surface area contributed by atoms with E-state index in [1.54, 1.807) is 0 Å². The average Bonchev–Trinajstić information content (AvgIpc) is 2.35. The molecule has 1 amide bonds. The van der Waals surface area contributed by atoms with Gasteiger partial charge >= 0.3 is 0 Å². The number of rotatable bonds is 6. The molecule has 0 fully saturated rings. The highest BCUT2D eigenvalue weighted by atomic mass is 35.5. The fraction of sp³-hybridized carbons (Fsp3) is 0.462. The maximum Gasteiger partial charge on any atom is 0.252 e. The minimum absolute atomic E-state index is 0.00209. The van der Waals surface area contributed by atoms with Gasteiger partial charge < -0.3 is 5.32 Å². The van der Waals surface area contributed by atoms with Gasteiger partial charge in [-0.15, -0.1) is 0 Å². The smallest absolute Gasteiger partial charge is 0.252 e. The highest BCUT2D eigenvalue weighted by Gasteiger charge is 2.21. The number of hydrogen-bond donors (Lipinski definition) is 2. The summed E-state index contributed by atoms with van der Waals surface area (Å²) >= 11 is 11.8. The first-order valence-electron chi connectivity index (χ1n) is 6.43. The lowest BCUT2D eigenvalue weighted by Crippen LogP contribution is -2.25. The van der Waals surface area contributed by atoms with Gasteiger partial charge in [-0.05, 0) is 30.9 Å². The number of amides is 1. The molecule has 0 atom stereocenters. The van der Waals surface area contributed by atoms with E-state index in [1.807, 2.05) is 0 Å². The minimum Gasteiger partial charge on any atom is -0.352 e. The second-order valence-corrected chi connectivity index (χ2v) is 7.45. The number of benzene rings is 1. The SMILES string of the molecule is CC(C)CCCNC(=O)c1cc(Cl)cc(S(N)(=O)=O)c1Cl. The third kappa shape index (κ3) is 5.47. The zero-order valence-corrected chi connectivity index (χ0v) is 14.1. The molecule has 1 aromatic carbocycles. The maximum absolute atomic E-state index is 12.1. The van der Waals surface area contributed by atoms with Crippen molar-refractivity contribution in [3.63, 3.8) is 0 Å². The van der Waals surface area contributed by atoms with Crippen molar-refractivity contribution in [3.8, 4) is 0 Å². The van der Waals surface area contributed by atoms with Gasteiger partial charge in [0.15, 0.2) is 0 Å². The van der Waals surface area contributed by atoms with Crippen LogP contribution in [-0.2, 0) is 10.0 Å². The Balaban J connectivity index is 2.93. The van der Waals surface area contributed by atoms with Crippen LogP contribution in [0.2, 0.25) is 10.0 Å². The lowest BCUT2D eigenvalue weighted by molar-refractivity contribution is 0.0952. The first-order chi connectivity index (χ1) is 9.62. The lowest BCUT2D eigenvalue weighted by Gasteiger charge is -2.10. The van der Waals surface area contributed by atoms with Crippen molar-refractivity contribution in [1.82, 2.24) is 5.32 Å². The first kappa shape index (κ1) is 18.2. The third-order valence-corrected chi connectivity index (χ3v) is 4.47. The van der Waals surface area contributed by atoms with Crippen LogP contribution in [-0.4, -0.2) is 20.9 Å². The van der Waals surface area contributed by atoms with Gasteiger partial charge in [-0.1, -0.05) is 37.0 Å². The molecule has 5 nitrogen and oxygen atoms in total. The van der Waals surface area contributed by atoms with Gasteiger partial charge in [0.05, 0.1) is 10.6 Å². The van der Waals surface area contributed by atoms with E-state index >= 15 is 0 Å². The van der Waals surface area contributed by atoms with Crippen molar-refractivity contribution in [3.05, 3.63) is 27.7 Å². The van der Waals surface area contributed by atoms with Gasteiger partial charge in [0.25, 0.3) is 5.91 Å². The summed E-state index contributed by atoms with van der Waals surface area (Å²) in [6.07, 6.45) is 1.80. The molecule has 3 N–H and O–H groups in total. The zero-order valence-electron chi connectivity index (χ0n) is 11.8. The summed E-state index contributed by atoms with van der Waals surface area (Å²) in [4.78, 5) is 11.7. The quantitative estimate of drug-likeness (QED) is 0.771. The van der Waals surface area contributed by atoms with Crippen molar-refractivity contribution < 1.29 is 13.2 Å². The van der Waals surface area contributed by atoms with E-state index in [0.29, 0.717) is 12.5 Å². The number of primary sulfonamides is 1. The predicted molar refractivity (Wildman–Crippen MR) is 84.2 cm³/mol. The van der Waals surface area contributed by atoms with Gasteiger partial charge in [-0.25, -0.2) is 13.6 Å². The van der Waals surface area contributed by atoms with Crippen molar-refractivity contribution in [2.24, 2.45) is 11.1 Å². The molecule has 0 aliphatic carbocycles. The molecule has 21 heavy (non-hydrogen) atoms. The van der Waals surface area contributed by atoms with Crippen LogP contribution in [0.25, 0.3) is 0 Å². The lowest BCUT2D eigenvalue weighted by atomic mass is 10.1. The molecular weight excluding hydrogens is 335 g/mol. The topological polar surface area (TPSA) is 89.3 Å². The molecule has 0 unspecified atom stereocenters. The number of halogens is 2. The monoisotopic (exact) mass is 352 g/mol. The Kier molecular flexibility index (Phi) is 6.46. The summed E-state index contributed by atoms with van der Waals surface area (Å²) in [5.41, 5.74) is -0.00209. The van der Waals surface area contributed by atoms with Crippen molar-refractivity contribution in [1.29, 1.82) is 0 Å². The molecule has 1 aromatic rings. The molecule has 0 aromatic heterocycles. The Bertz CT molecular complexity index is 631. The second-order valence-electron chi connectivity index (χ2n) is 5.10. The molecule has 0 aliphatic rings. The van der Waals surface area contributed by atoms with Gasteiger partial charge in [0.2, 0.25) is 10.0 Å². The van der Waals surface area contributed by atoms with Crippen LogP contribution >= 0.6 is 23.2 Å². The van der Waals surface area contributed by atoms with Gasteiger partial charge in [-0.3, -0.25) is 4.79 Å². The number of carbonyl (C=O) groups excluding carboxylic acids is 1. The minimum atomic E-state index is -4.04. The van der Waals surface area contributed by atoms with E-state index in [9.17, 15) is 13.2 Å². The molecular formula is C13H18Cl2N2O3S. The van der Waals surface area contributed by atoms with Crippen molar-refractivity contribution in [2.45, 2.75) is 31.6 Å². The van der Waals surface area contributed by atoms with E-state index in [-0.39, 0.29) is 20.5 Å². The van der Waals surface area contributed by atoms with Crippen molar-refractivity contribution in [2.75, 3.05) is 6.54 Å². The van der Waals surface area contributed by atoms with Crippen LogP contribution in [0.5, 0.6) is 0 Å². The Morgan fingerprint density at radius 2 is 1.95 bits per heavy atom. The van der Waals surface area contributed by atoms with E-state index < -0.39 is 15.9 Å². The maximum atomic E-state index is 12.1.